The van der Waals surface area contributed by atoms with Crippen molar-refractivity contribution in [2.24, 2.45) is 0 Å². The minimum Gasteiger partial charge on any atom is -0.457 e. The lowest BCUT2D eigenvalue weighted by atomic mass is 9.88. The van der Waals surface area contributed by atoms with Gasteiger partial charge >= 0.3 is 0 Å². The van der Waals surface area contributed by atoms with Crippen LogP contribution in [0.15, 0.2) is 152 Å². The van der Waals surface area contributed by atoms with E-state index in [1.54, 1.807) is 0 Å². The molecule has 2 aliphatic rings. The highest BCUT2D eigenvalue weighted by Crippen LogP contribution is 2.75. The Morgan fingerprint density at radius 1 is 0.585 bits per heavy atom. The van der Waals surface area contributed by atoms with E-state index < -0.39 is 0 Å². The first-order valence-corrected chi connectivity index (χ1v) is 18.4. The smallest absolute Gasteiger partial charge is 0.225 e. The van der Waals surface area contributed by atoms with Crippen molar-refractivity contribution >= 4 is 44.6 Å². The van der Waals surface area contributed by atoms with Crippen LogP contribution in [0, 0.1) is 20.5 Å². The number of aryl methyl sites for hydroxylation is 2. The summed E-state index contributed by atoms with van der Waals surface area (Å²) in [5.74, 6) is 2.49. The van der Waals surface area contributed by atoms with Gasteiger partial charge in [-0.2, -0.15) is 9.18 Å². The number of hydrogen-bond donors (Lipinski definition) is 0. The van der Waals surface area contributed by atoms with Crippen molar-refractivity contribution in [3.63, 3.8) is 0 Å². The summed E-state index contributed by atoms with van der Waals surface area (Å²) in [4.78, 5) is 4.86. The molecule has 0 radical (unpaired) electrons. The maximum Gasteiger partial charge on any atom is 0.225 e. The van der Waals surface area contributed by atoms with Crippen LogP contribution in [0.25, 0.3) is 38.8 Å². The van der Waals surface area contributed by atoms with Crippen LogP contribution in [0.2, 0.25) is 0 Å². The van der Waals surface area contributed by atoms with Gasteiger partial charge in [-0.15, -0.1) is 0 Å². The average molecular weight is 690 g/mol. The maximum atomic E-state index is 6.74. The van der Waals surface area contributed by atoms with Gasteiger partial charge < -0.3 is 4.74 Å². The van der Waals surface area contributed by atoms with Gasteiger partial charge in [-0.1, -0.05) is 87.5 Å². The van der Waals surface area contributed by atoms with Gasteiger partial charge in [-0.25, -0.2) is 4.98 Å². The molecule has 0 amide bonds. The number of nitrogens with zero attached hydrogens (tertiary/aromatic N) is 4. The Labute approximate surface area is 310 Å². The molecule has 8 aromatic rings. The molecule has 2 aromatic heterocycles. The van der Waals surface area contributed by atoms with E-state index in [0.29, 0.717) is 9.18 Å². The lowest BCUT2D eigenvalue weighted by molar-refractivity contribution is 0.424. The monoisotopic (exact) mass is 689 g/mol. The van der Waals surface area contributed by atoms with Crippen molar-refractivity contribution in [2.75, 3.05) is 0 Å². The minimum absolute atomic E-state index is 0.00671. The topological polar surface area (TPSA) is 27.1 Å². The normalized spacial score (nSPS) is 18.7. The van der Waals surface area contributed by atoms with Gasteiger partial charge in [0, 0.05) is 59.4 Å². The summed E-state index contributed by atoms with van der Waals surface area (Å²) in [6.45, 7) is 13.6. The zero-order valence-electron chi connectivity index (χ0n) is 30.7. The maximum absolute atomic E-state index is 6.74. The van der Waals surface area contributed by atoms with E-state index in [0.717, 1.165) is 34.0 Å². The second-order valence-electron chi connectivity index (χ2n) is 15.6. The minimum atomic E-state index is 0.00671. The van der Waals surface area contributed by atoms with Gasteiger partial charge in [0.1, 0.15) is 17.3 Å². The van der Waals surface area contributed by atoms with Crippen LogP contribution in [-0.4, -0.2) is 9.55 Å². The first-order valence-electron chi connectivity index (χ1n) is 18.4. The lowest BCUT2D eigenvalue weighted by Gasteiger charge is -2.40. The number of fused-ring (bicyclic) bond motifs is 7. The van der Waals surface area contributed by atoms with Crippen molar-refractivity contribution in [3.05, 3.63) is 175 Å². The van der Waals surface area contributed by atoms with Crippen LogP contribution in [-0.2, 0) is 5.41 Å². The molecule has 10 rings (SSSR count). The lowest BCUT2D eigenvalue weighted by Crippen LogP contribution is -2.46. The van der Waals surface area contributed by atoms with Crippen LogP contribution in [0.4, 0.5) is 22.7 Å². The van der Waals surface area contributed by atoms with Gasteiger partial charge in [-0.3, -0.25) is 4.57 Å². The summed E-state index contributed by atoms with van der Waals surface area (Å²) in [5, 5.41) is 2.36. The molecular weight excluding hydrogens is 649 g/mol. The van der Waals surface area contributed by atoms with Gasteiger partial charge in [-0.05, 0) is 83.5 Å². The third-order valence-corrected chi connectivity index (χ3v) is 11.3. The first-order chi connectivity index (χ1) is 25.7. The fourth-order valence-corrected chi connectivity index (χ4v) is 8.76. The molecule has 53 heavy (non-hydrogen) atoms. The standard InChI is InChI=1S/C48H41N4O/c1-32-13-10-14-33(2)47(32)34-15-11-16-36(27-34)51-31-52(51,45-22-9-8-21-44(45)51)37-17-12-18-38(29-37)53-39-23-24-41-40-19-6-7-20-42(40)50(43(41)30-39)46-28-35(25-26-49-46)48(3,4)5/h6-31H,1-5H3/q+1/t51-,52?/m0/s1. The number of rotatable bonds is 6. The molecule has 1 fully saturated rings. The highest BCUT2D eigenvalue weighted by Gasteiger charge is 2.77. The van der Waals surface area contributed by atoms with Gasteiger partial charge in [0.25, 0.3) is 0 Å². The molecule has 0 N–H and O–H groups in total. The van der Waals surface area contributed by atoms with Crippen molar-refractivity contribution in [2.45, 2.75) is 40.0 Å². The molecule has 1 unspecified atom stereocenters. The van der Waals surface area contributed by atoms with Gasteiger partial charge in [0.05, 0.1) is 11.0 Å². The first kappa shape index (κ1) is 31.7. The fraction of sp³-hybridized carbons (Fsp3) is 0.125. The van der Waals surface area contributed by atoms with Crippen LogP contribution in [0.1, 0.15) is 37.5 Å². The van der Waals surface area contributed by atoms with E-state index in [4.69, 9.17) is 9.72 Å². The van der Waals surface area contributed by atoms with Crippen LogP contribution in [0.5, 0.6) is 11.5 Å². The molecule has 0 saturated carbocycles. The third kappa shape index (κ3) is 4.54. The van der Waals surface area contributed by atoms with E-state index in [9.17, 15) is 0 Å². The number of benzene rings is 6. The van der Waals surface area contributed by atoms with Crippen molar-refractivity contribution < 1.29 is 4.74 Å². The number of hydrogen-bond acceptors (Lipinski definition) is 2. The van der Waals surface area contributed by atoms with E-state index in [1.165, 1.54) is 55.7 Å². The summed E-state index contributed by atoms with van der Waals surface area (Å²) in [5.41, 5.74) is 13.6. The van der Waals surface area contributed by atoms with Crippen molar-refractivity contribution in [1.29, 1.82) is 0 Å². The summed E-state index contributed by atoms with van der Waals surface area (Å²) < 4.78 is 10.3. The van der Waals surface area contributed by atoms with Crippen LogP contribution >= 0.6 is 0 Å². The van der Waals surface area contributed by atoms with Gasteiger partial charge in [0.2, 0.25) is 11.4 Å². The Morgan fingerprint density at radius 3 is 1.98 bits per heavy atom. The van der Waals surface area contributed by atoms with Gasteiger partial charge in [0.15, 0.2) is 18.0 Å². The Kier molecular flexibility index (Phi) is 6.73. The molecule has 2 atom stereocenters. The molecular formula is C48H41N4O+. The predicted octanol–water partition coefficient (Wildman–Crippen LogP) is 12.9. The SMILES string of the molecule is Cc1cccc(C)c1-c1cccc([N@+]23[CH-][N+]2(c2cccc(Oc4ccc5c6ccccc6n(-c6cc(C(C)(C)C)ccn6)c5c4)c2)c2ccccc23)c1. The fourth-order valence-electron chi connectivity index (χ4n) is 8.76. The molecule has 2 aliphatic heterocycles. The summed E-state index contributed by atoms with van der Waals surface area (Å²) in [7, 11) is 0. The Bertz CT molecular complexity index is 2750. The second-order valence-corrected chi connectivity index (χ2v) is 15.6. The van der Waals surface area contributed by atoms with E-state index in [1.807, 2.05) is 6.20 Å². The molecule has 0 spiro atoms. The zero-order chi connectivity index (χ0) is 36.1. The predicted molar refractivity (Wildman–Crippen MR) is 219 cm³/mol. The Hall–Kier alpha value is -6.01. The molecule has 6 aromatic carbocycles. The molecule has 1 saturated heterocycles. The quantitative estimate of drug-likeness (QED) is 0.0987. The summed E-state index contributed by atoms with van der Waals surface area (Å²) in [6, 6.07) is 52.4. The molecule has 5 heteroatoms. The van der Waals surface area contributed by atoms with Crippen molar-refractivity contribution in [3.8, 4) is 28.4 Å². The molecule has 5 nitrogen and oxygen atoms in total. The molecule has 258 valence electrons. The van der Waals surface area contributed by atoms with E-state index >= 15 is 0 Å². The van der Waals surface area contributed by atoms with Crippen molar-refractivity contribution in [1.82, 2.24) is 18.7 Å². The summed E-state index contributed by atoms with van der Waals surface area (Å²) >= 11 is 0. The number of ether oxygens (including phenoxy) is 1. The highest BCUT2D eigenvalue weighted by molar-refractivity contribution is 6.09. The summed E-state index contributed by atoms with van der Waals surface area (Å²) in [6.07, 6.45) is 1.92. The van der Waals surface area contributed by atoms with E-state index in [2.05, 4.69) is 191 Å². The highest BCUT2D eigenvalue weighted by atomic mass is 16.5. The number of aromatic nitrogens is 2. The van der Waals surface area contributed by atoms with Crippen LogP contribution in [0.3, 0.4) is 0 Å². The average Bonchev–Trinajstić information content (AvgIpc) is 3.65. The second kappa shape index (κ2) is 11.2. The number of pyridine rings is 1. The van der Waals surface area contributed by atoms with Crippen LogP contribution < -0.4 is 13.9 Å². The van der Waals surface area contributed by atoms with E-state index in [-0.39, 0.29) is 5.41 Å². The zero-order valence-corrected chi connectivity index (χ0v) is 30.7. The molecule has 0 aliphatic carbocycles. The molecule has 4 heterocycles. The number of quaternary nitrogens is 2. The molecule has 0 bridgehead atoms. The number of para-hydroxylation sites is 3. The largest absolute Gasteiger partial charge is 0.457 e. The third-order valence-electron chi connectivity index (χ3n) is 11.3. The Morgan fingerprint density at radius 2 is 1.23 bits per heavy atom. The Balaban J connectivity index is 1.04.